The van der Waals surface area contributed by atoms with Gasteiger partial charge in [0.1, 0.15) is 6.54 Å². The van der Waals surface area contributed by atoms with Crippen molar-refractivity contribution in [3.05, 3.63) is 59.1 Å². The highest BCUT2D eigenvalue weighted by molar-refractivity contribution is 6.31. The molecule has 0 unspecified atom stereocenters. The number of aryl methyl sites for hydroxylation is 1. The fourth-order valence-corrected chi connectivity index (χ4v) is 2.18. The number of nitrogens with zero attached hydrogens (tertiary/aromatic N) is 4. The number of carbonyl (C=O) groups excluding carboxylic acids is 1. The molecule has 0 aliphatic heterocycles. The van der Waals surface area contributed by atoms with Crippen LogP contribution in [-0.4, -0.2) is 26.1 Å². The summed E-state index contributed by atoms with van der Waals surface area (Å²) in [5.41, 5.74) is 2.43. The third-order valence-electron chi connectivity index (χ3n) is 3.21. The van der Waals surface area contributed by atoms with Crippen LogP contribution in [0.25, 0.3) is 11.4 Å². The molecule has 2 aromatic carbocycles. The molecule has 23 heavy (non-hydrogen) atoms. The monoisotopic (exact) mass is 327 g/mol. The second-order valence-electron chi connectivity index (χ2n) is 5.02. The van der Waals surface area contributed by atoms with E-state index in [9.17, 15) is 4.79 Å². The van der Waals surface area contributed by atoms with Crippen LogP contribution in [0.15, 0.2) is 48.5 Å². The Hall–Kier alpha value is -2.73. The Labute approximate surface area is 138 Å². The third-order valence-corrected chi connectivity index (χ3v) is 3.64. The van der Waals surface area contributed by atoms with Gasteiger partial charge < -0.3 is 5.32 Å². The lowest BCUT2D eigenvalue weighted by atomic mass is 10.2. The molecule has 1 aromatic heterocycles. The average Bonchev–Trinajstić information content (AvgIpc) is 3.00. The van der Waals surface area contributed by atoms with Crippen molar-refractivity contribution in [3.63, 3.8) is 0 Å². The van der Waals surface area contributed by atoms with Gasteiger partial charge in [-0.1, -0.05) is 41.9 Å². The molecule has 3 aromatic rings. The second kappa shape index (κ2) is 6.58. The van der Waals surface area contributed by atoms with Crippen molar-refractivity contribution in [1.29, 1.82) is 0 Å². The molecular formula is C16H14ClN5O. The van der Waals surface area contributed by atoms with E-state index in [1.54, 1.807) is 12.1 Å². The average molecular weight is 328 g/mol. The van der Waals surface area contributed by atoms with Crippen LogP contribution in [0.4, 0.5) is 5.69 Å². The second-order valence-corrected chi connectivity index (χ2v) is 5.43. The summed E-state index contributed by atoms with van der Waals surface area (Å²) in [5.74, 6) is 0.254. The fraction of sp³-hybridized carbons (Fsp3) is 0.125. The van der Waals surface area contributed by atoms with Crippen molar-refractivity contribution >= 4 is 23.2 Å². The molecule has 1 heterocycles. The first kappa shape index (κ1) is 15.2. The van der Waals surface area contributed by atoms with Gasteiger partial charge in [0.25, 0.3) is 0 Å². The Morgan fingerprint density at radius 3 is 2.74 bits per heavy atom. The van der Waals surface area contributed by atoms with Crippen LogP contribution in [0.5, 0.6) is 0 Å². The largest absolute Gasteiger partial charge is 0.324 e. The number of amides is 1. The predicted molar refractivity (Wildman–Crippen MR) is 88.1 cm³/mol. The number of rotatable bonds is 4. The summed E-state index contributed by atoms with van der Waals surface area (Å²) in [4.78, 5) is 13.3. The third kappa shape index (κ3) is 3.73. The first-order chi connectivity index (χ1) is 11.1. The summed E-state index contributed by atoms with van der Waals surface area (Å²) >= 11 is 5.96. The number of benzene rings is 2. The Bertz CT molecular complexity index is 831. The standard InChI is InChI=1S/C16H14ClN5O/c1-11-9-13(7-8-14(11)17)18-15(23)10-22-20-16(19-21-22)12-5-3-2-4-6-12/h2-9H,10H2,1H3,(H,18,23). The van der Waals surface area contributed by atoms with Crippen LogP contribution in [-0.2, 0) is 11.3 Å². The van der Waals surface area contributed by atoms with Crippen molar-refractivity contribution in [3.8, 4) is 11.4 Å². The summed E-state index contributed by atoms with van der Waals surface area (Å²) in [6, 6.07) is 14.8. The Morgan fingerprint density at radius 1 is 1.22 bits per heavy atom. The zero-order chi connectivity index (χ0) is 16.2. The highest BCUT2D eigenvalue weighted by atomic mass is 35.5. The molecule has 6 nitrogen and oxygen atoms in total. The van der Waals surface area contributed by atoms with E-state index in [1.165, 1.54) is 4.80 Å². The van der Waals surface area contributed by atoms with Gasteiger partial charge in [-0.2, -0.15) is 4.80 Å². The lowest BCUT2D eigenvalue weighted by Crippen LogP contribution is -2.20. The van der Waals surface area contributed by atoms with E-state index in [4.69, 9.17) is 11.6 Å². The van der Waals surface area contributed by atoms with E-state index in [-0.39, 0.29) is 12.5 Å². The number of halogens is 1. The number of carbonyl (C=O) groups is 1. The first-order valence-corrected chi connectivity index (χ1v) is 7.39. The van der Waals surface area contributed by atoms with Crippen molar-refractivity contribution in [2.24, 2.45) is 0 Å². The molecule has 0 fully saturated rings. The van der Waals surface area contributed by atoms with E-state index in [1.807, 2.05) is 43.3 Å². The number of hydrogen-bond acceptors (Lipinski definition) is 4. The molecule has 0 atom stereocenters. The number of anilines is 1. The van der Waals surface area contributed by atoms with Crippen molar-refractivity contribution in [1.82, 2.24) is 20.2 Å². The zero-order valence-corrected chi connectivity index (χ0v) is 13.2. The van der Waals surface area contributed by atoms with E-state index < -0.39 is 0 Å². The lowest BCUT2D eigenvalue weighted by Gasteiger charge is -2.06. The van der Waals surface area contributed by atoms with Gasteiger partial charge in [-0.25, -0.2) is 0 Å². The molecule has 0 saturated carbocycles. The minimum Gasteiger partial charge on any atom is -0.324 e. The van der Waals surface area contributed by atoms with Crippen LogP contribution < -0.4 is 5.32 Å². The Balaban J connectivity index is 1.66. The topological polar surface area (TPSA) is 72.7 Å². The predicted octanol–water partition coefficient (Wildman–Crippen LogP) is 2.94. The maximum absolute atomic E-state index is 12.1. The SMILES string of the molecule is Cc1cc(NC(=O)Cn2nnc(-c3ccccc3)n2)ccc1Cl. The van der Waals surface area contributed by atoms with Gasteiger partial charge in [-0.3, -0.25) is 4.79 Å². The van der Waals surface area contributed by atoms with Gasteiger partial charge in [-0.15, -0.1) is 10.2 Å². The lowest BCUT2D eigenvalue weighted by molar-refractivity contribution is -0.117. The van der Waals surface area contributed by atoms with Gasteiger partial charge >= 0.3 is 0 Å². The van der Waals surface area contributed by atoms with Gasteiger partial charge in [0.2, 0.25) is 11.7 Å². The van der Waals surface area contributed by atoms with Crippen LogP contribution in [0, 0.1) is 6.92 Å². The number of nitrogens with one attached hydrogen (secondary N) is 1. The molecule has 0 saturated heterocycles. The Morgan fingerprint density at radius 2 is 2.00 bits per heavy atom. The summed E-state index contributed by atoms with van der Waals surface area (Å²) < 4.78 is 0. The fourth-order valence-electron chi connectivity index (χ4n) is 2.06. The minimum atomic E-state index is -0.233. The van der Waals surface area contributed by atoms with Crippen molar-refractivity contribution in [2.45, 2.75) is 13.5 Å². The quantitative estimate of drug-likeness (QED) is 0.799. The maximum atomic E-state index is 12.1. The van der Waals surface area contributed by atoms with E-state index >= 15 is 0 Å². The van der Waals surface area contributed by atoms with Crippen LogP contribution >= 0.6 is 11.6 Å². The minimum absolute atomic E-state index is 0.0124. The molecule has 7 heteroatoms. The molecule has 116 valence electrons. The molecule has 1 N–H and O–H groups in total. The smallest absolute Gasteiger partial charge is 0.248 e. The molecular weight excluding hydrogens is 314 g/mol. The molecule has 0 aliphatic rings. The molecule has 0 radical (unpaired) electrons. The van der Waals surface area contributed by atoms with Gasteiger partial charge in [-0.05, 0) is 35.9 Å². The van der Waals surface area contributed by atoms with E-state index in [0.717, 1.165) is 11.1 Å². The Kier molecular flexibility index (Phi) is 4.34. The number of aromatic nitrogens is 4. The van der Waals surface area contributed by atoms with Gasteiger partial charge in [0, 0.05) is 16.3 Å². The van der Waals surface area contributed by atoms with Gasteiger partial charge in [0.15, 0.2) is 0 Å². The van der Waals surface area contributed by atoms with Crippen LogP contribution in [0.1, 0.15) is 5.56 Å². The van der Waals surface area contributed by atoms with Crippen LogP contribution in [0.3, 0.4) is 0 Å². The van der Waals surface area contributed by atoms with Gasteiger partial charge in [0.05, 0.1) is 0 Å². The van der Waals surface area contributed by atoms with Crippen LogP contribution in [0.2, 0.25) is 5.02 Å². The molecule has 1 amide bonds. The number of hydrogen-bond donors (Lipinski definition) is 1. The first-order valence-electron chi connectivity index (χ1n) is 7.01. The normalized spacial score (nSPS) is 10.5. The summed E-state index contributed by atoms with van der Waals surface area (Å²) in [6.45, 7) is 1.87. The summed E-state index contributed by atoms with van der Waals surface area (Å²) in [7, 11) is 0. The molecule has 3 rings (SSSR count). The number of tetrazole rings is 1. The van der Waals surface area contributed by atoms with Crippen molar-refractivity contribution < 1.29 is 4.79 Å². The highest BCUT2D eigenvalue weighted by Crippen LogP contribution is 2.19. The molecule has 0 aliphatic carbocycles. The van der Waals surface area contributed by atoms with E-state index in [2.05, 4.69) is 20.7 Å². The zero-order valence-electron chi connectivity index (χ0n) is 12.4. The summed E-state index contributed by atoms with van der Waals surface area (Å²) in [5, 5.41) is 15.5. The summed E-state index contributed by atoms with van der Waals surface area (Å²) in [6.07, 6.45) is 0. The highest BCUT2D eigenvalue weighted by Gasteiger charge is 2.09. The maximum Gasteiger partial charge on any atom is 0.248 e. The molecule has 0 spiro atoms. The van der Waals surface area contributed by atoms with E-state index in [0.29, 0.717) is 16.5 Å². The molecule has 0 bridgehead atoms. The van der Waals surface area contributed by atoms with Crippen molar-refractivity contribution in [2.75, 3.05) is 5.32 Å².